The van der Waals surface area contributed by atoms with E-state index in [9.17, 15) is 13.2 Å². The summed E-state index contributed by atoms with van der Waals surface area (Å²) >= 11 is 11.7. The molecule has 5 nitrogen and oxygen atoms in total. The second-order valence-corrected chi connectivity index (χ2v) is 7.37. The van der Waals surface area contributed by atoms with E-state index in [1.807, 2.05) is 0 Å². The van der Waals surface area contributed by atoms with Gasteiger partial charge in [-0.05, 0) is 31.0 Å². The van der Waals surface area contributed by atoms with Crippen molar-refractivity contribution < 1.29 is 18.3 Å². The summed E-state index contributed by atoms with van der Waals surface area (Å²) in [7, 11) is -3.80. The second-order valence-electron chi connectivity index (χ2n) is 4.62. The lowest BCUT2D eigenvalue weighted by molar-refractivity contribution is -0.142. The van der Waals surface area contributed by atoms with Crippen molar-refractivity contribution in [2.24, 2.45) is 5.92 Å². The van der Waals surface area contributed by atoms with Crippen LogP contribution in [0.5, 0.6) is 0 Å². The van der Waals surface area contributed by atoms with E-state index >= 15 is 0 Å². The van der Waals surface area contributed by atoms with E-state index in [0.29, 0.717) is 24.4 Å². The highest BCUT2D eigenvalue weighted by molar-refractivity contribution is 7.89. The van der Waals surface area contributed by atoms with E-state index in [4.69, 9.17) is 28.3 Å². The van der Waals surface area contributed by atoms with Crippen molar-refractivity contribution in [3.05, 3.63) is 28.2 Å². The predicted molar refractivity (Wildman–Crippen MR) is 75.6 cm³/mol. The van der Waals surface area contributed by atoms with Gasteiger partial charge in [0.1, 0.15) is 4.90 Å². The van der Waals surface area contributed by atoms with Crippen molar-refractivity contribution in [1.82, 2.24) is 4.31 Å². The topological polar surface area (TPSA) is 74.7 Å². The molecule has 1 unspecified atom stereocenters. The fourth-order valence-corrected chi connectivity index (χ4v) is 4.46. The lowest BCUT2D eigenvalue weighted by atomic mass is 10.0. The van der Waals surface area contributed by atoms with Crippen LogP contribution in [0.3, 0.4) is 0 Å². The normalized spacial score (nSPS) is 20.8. The Morgan fingerprint density at radius 2 is 2.05 bits per heavy atom. The number of aliphatic carboxylic acids is 1. The van der Waals surface area contributed by atoms with E-state index < -0.39 is 21.9 Å². The largest absolute Gasteiger partial charge is 0.481 e. The van der Waals surface area contributed by atoms with Gasteiger partial charge in [0.2, 0.25) is 10.0 Å². The summed E-state index contributed by atoms with van der Waals surface area (Å²) in [6.45, 7) is 0.266. The molecule has 1 aromatic rings. The first-order valence-corrected chi connectivity index (χ1v) is 8.20. The van der Waals surface area contributed by atoms with E-state index in [1.165, 1.54) is 22.5 Å². The van der Waals surface area contributed by atoms with E-state index in [-0.39, 0.29) is 16.5 Å². The van der Waals surface area contributed by atoms with Gasteiger partial charge in [0.25, 0.3) is 0 Å². The summed E-state index contributed by atoms with van der Waals surface area (Å²) in [5.74, 6) is -1.66. The molecule has 20 heavy (non-hydrogen) atoms. The zero-order valence-corrected chi connectivity index (χ0v) is 12.7. The number of rotatable bonds is 3. The van der Waals surface area contributed by atoms with Gasteiger partial charge in [-0.2, -0.15) is 4.31 Å². The highest BCUT2D eigenvalue weighted by atomic mass is 35.5. The second kappa shape index (κ2) is 5.89. The summed E-state index contributed by atoms with van der Waals surface area (Å²) in [5, 5.41) is 9.40. The Labute approximate surface area is 127 Å². The van der Waals surface area contributed by atoms with Gasteiger partial charge >= 0.3 is 5.97 Å². The lowest BCUT2D eigenvalue weighted by Gasteiger charge is -2.30. The molecule has 0 radical (unpaired) electrons. The number of sulfonamides is 1. The predicted octanol–water partition coefficient (Wildman–Crippen LogP) is 2.48. The molecule has 0 aliphatic carbocycles. The standard InChI is InChI=1S/C12H13Cl2NO4S/c13-9-3-4-11(10(14)6-9)20(18,19)15-5-1-2-8(7-15)12(16)17/h3-4,6,8H,1-2,5,7H2,(H,16,17). The van der Waals surface area contributed by atoms with E-state index in [2.05, 4.69) is 0 Å². The lowest BCUT2D eigenvalue weighted by Crippen LogP contribution is -2.42. The number of hydrogen-bond donors (Lipinski definition) is 1. The molecule has 1 aliphatic rings. The molecule has 1 aromatic carbocycles. The molecular weight excluding hydrogens is 325 g/mol. The Morgan fingerprint density at radius 3 is 2.65 bits per heavy atom. The monoisotopic (exact) mass is 337 g/mol. The molecule has 2 rings (SSSR count). The molecule has 1 aliphatic heterocycles. The summed E-state index contributed by atoms with van der Waals surface area (Å²) < 4.78 is 26.2. The Bertz CT molecular complexity index is 632. The van der Waals surface area contributed by atoms with Gasteiger partial charge in [-0.15, -0.1) is 0 Å². The van der Waals surface area contributed by atoms with Crippen molar-refractivity contribution in [1.29, 1.82) is 0 Å². The van der Waals surface area contributed by atoms with Gasteiger partial charge in [-0.25, -0.2) is 8.42 Å². The summed E-state index contributed by atoms with van der Waals surface area (Å²) in [4.78, 5) is 11.0. The Morgan fingerprint density at radius 1 is 1.35 bits per heavy atom. The minimum atomic E-state index is -3.80. The SMILES string of the molecule is O=C(O)C1CCCN(S(=O)(=O)c2ccc(Cl)cc2Cl)C1. The van der Waals surface area contributed by atoms with Crippen LogP contribution < -0.4 is 0 Å². The Hall–Kier alpha value is -0.820. The number of carbonyl (C=O) groups is 1. The zero-order valence-electron chi connectivity index (χ0n) is 10.4. The van der Waals surface area contributed by atoms with Crippen LogP contribution in [0.15, 0.2) is 23.1 Å². The van der Waals surface area contributed by atoms with Crippen LogP contribution in [0.4, 0.5) is 0 Å². The molecular formula is C12H13Cl2NO4S. The van der Waals surface area contributed by atoms with Crippen LogP contribution in [-0.4, -0.2) is 36.9 Å². The molecule has 1 heterocycles. The Kier molecular flexibility index (Phi) is 4.59. The molecule has 0 saturated carbocycles. The molecule has 1 atom stereocenters. The first-order chi connectivity index (χ1) is 9.32. The Balaban J connectivity index is 2.32. The molecule has 0 amide bonds. The molecule has 1 saturated heterocycles. The summed E-state index contributed by atoms with van der Waals surface area (Å²) in [6.07, 6.45) is 0.997. The van der Waals surface area contributed by atoms with Gasteiger partial charge in [-0.1, -0.05) is 23.2 Å². The highest BCUT2D eigenvalue weighted by Crippen LogP contribution is 2.30. The van der Waals surface area contributed by atoms with Crippen molar-refractivity contribution >= 4 is 39.2 Å². The first kappa shape index (κ1) is 15.6. The van der Waals surface area contributed by atoms with Crippen LogP contribution in [0, 0.1) is 5.92 Å². The van der Waals surface area contributed by atoms with E-state index in [0.717, 1.165) is 0 Å². The van der Waals surface area contributed by atoms with Crippen LogP contribution >= 0.6 is 23.2 Å². The van der Waals surface area contributed by atoms with Gasteiger partial charge < -0.3 is 5.11 Å². The van der Waals surface area contributed by atoms with Crippen molar-refractivity contribution in [2.75, 3.05) is 13.1 Å². The smallest absolute Gasteiger partial charge is 0.307 e. The number of halogens is 2. The van der Waals surface area contributed by atoms with Crippen LogP contribution in [0.1, 0.15) is 12.8 Å². The van der Waals surface area contributed by atoms with Gasteiger partial charge in [-0.3, -0.25) is 4.79 Å². The number of hydrogen-bond acceptors (Lipinski definition) is 3. The number of carboxylic acids is 1. The molecule has 110 valence electrons. The minimum Gasteiger partial charge on any atom is -0.481 e. The maximum absolute atomic E-state index is 12.5. The van der Waals surface area contributed by atoms with Gasteiger partial charge in [0.15, 0.2) is 0 Å². The molecule has 1 fully saturated rings. The average molecular weight is 338 g/mol. The van der Waals surface area contributed by atoms with Crippen LogP contribution in [0.25, 0.3) is 0 Å². The average Bonchev–Trinajstić information content (AvgIpc) is 2.38. The molecule has 0 bridgehead atoms. The third kappa shape index (κ3) is 3.09. The molecule has 0 aromatic heterocycles. The fraction of sp³-hybridized carbons (Fsp3) is 0.417. The van der Waals surface area contributed by atoms with Crippen molar-refractivity contribution in [2.45, 2.75) is 17.7 Å². The molecule has 0 spiro atoms. The summed E-state index contributed by atoms with van der Waals surface area (Å²) in [5.41, 5.74) is 0. The van der Waals surface area contributed by atoms with Crippen molar-refractivity contribution in [3.8, 4) is 0 Å². The van der Waals surface area contributed by atoms with Crippen LogP contribution in [-0.2, 0) is 14.8 Å². The van der Waals surface area contributed by atoms with Crippen LogP contribution in [0.2, 0.25) is 10.0 Å². The molecule has 1 N–H and O–H groups in total. The number of nitrogens with zero attached hydrogens (tertiary/aromatic N) is 1. The zero-order chi connectivity index (χ0) is 14.9. The third-order valence-corrected chi connectivity index (χ3v) is 5.83. The number of benzene rings is 1. The fourth-order valence-electron chi connectivity index (χ4n) is 2.19. The van der Waals surface area contributed by atoms with Gasteiger partial charge in [0.05, 0.1) is 10.9 Å². The first-order valence-electron chi connectivity index (χ1n) is 6.00. The minimum absolute atomic E-state index is 0.0311. The number of piperidine rings is 1. The maximum atomic E-state index is 12.5. The third-order valence-electron chi connectivity index (χ3n) is 3.25. The van der Waals surface area contributed by atoms with Crippen molar-refractivity contribution in [3.63, 3.8) is 0 Å². The quantitative estimate of drug-likeness (QED) is 0.919. The highest BCUT2D eigenvalue weighted by Gasteiger charge is 2.34. The maximum Gasteiger partial charge on any atom is 0.307 e. The summed E-state index contributed by atoms with van der Waals surface area (Å²) in [6, 6.07) is 4.14. The van der Waals surface area contributed by atoms with Gasteiger partial charge in [0, 0.05) is 18.1 Å². The molecule has 8 heteroatoms. The number of carboxylic acid groups (broad SMARTS) is 1. The van der Waals surface area contributed by atoms with E-state index in [1.54, 1.807) is 0 Å².